The summed E-state index contributed by atoms with van der Waals surface area (Å²) < 4.78 is 1.98. The Morgan fingerprint density at radius 2 is 2.04 bits per heavy atom. The van der Waals surface area contributed by atoms with E-state index >= 15 is 0 Å². The number of fused-ring (bicyclic) bond motifs is 1. The number of nitrogen functional groups attached to an aromatic ring is 1. The molecule has 3 heterocycles. The van der Waals surface area contributed by atoms with Crippen LogP contribution in [0.1, 0.15) is 30.0 Å². The number of rotatable bonds is 5. The molecule has 1 fully saturated rings. The topological polar surface area (TPSA) is 98.3 Å². The van der Waals surface area contributed by atoms with E-state index in [-0.39, 0.29) is 0 Å². The van der Waals surface area contributed by atoms with Crippen molar-refractivity contribution >= 4 is 28.7 Å². The minimum Gasteiger partial charge on any atom is -0.384 e. The van der Waals surface area contributed by atoms with Crippen LogP contribution in [-0.2, 0) is 5.75 Å². The number of hydrogen-bond donors (Lipinski definition) is 2. The first-order chi connectivity index (χ1) is 12.8. The van der Waals surface area contributed by atoms with Crippen molar-refractivity contribution in [3.63, 3.8) is 0 Å². The zero-order valence-corrected chi connectivity index (χ0v) is 14.8. The largest absolute Gasteiger partial charge is 0.384 e. The lowest BCUT2D eigenvalue weighted by atomic mass is 10.2. The first-order valence-corrected chi connectivity index (χ1v) is 9.50. The van der Waals surface area contributed by atoms with E-state index in [9.17, 15) is 0 Å². The summed E-state index contributed by atoms with van der Waals surface area (Å²) in [5.74, 6) is 1.85. The fraction of sp³-hybridized carbons (Fsp3) is 0.222. The third-order valence-electron chi connectivity index (χ3n) is 4.47. The molecule has 1 aromatic carbocycles. The SMILES string of the molecule is Nc1cc(SCc2cn(-c3ccccc3)nc2C2CC2)c2n[nH]nc2n1. The number of nitrogens with zero attached hydrogens (tertiary/aromatic N) is 5. The molecule has 0 amide bonds. The maximum absolute atomic E-state index is 5.90. The van der Waals surface area contributed by atoms with E-state index in [1.807, 2.05) is 28.9 Å². The number of hydrogen-bond acceptors (Lipinski definition) is 6. The minimum absolute atomic E-state index is 0.455. The first kappa shape index (κ1) is 15.4. The molecule has 0 atom stereocenters. The number of benzene rings is 1. The van der Waals surface area contributed by atoms with Gasteiger partial charge in [0.1, 0.15) is 11.3 Å². The summed E-state index contributed by atoms with van der Waals surface area (Å²) in [4.78, 5) is 5.18. The molecule has 1 aliphatic rings. The highest BCUT2D eigenvalue weighted by molar-refractivity contribution is 7.98. The van der Waals surface area contributed by atoms with Gasteiger partial charge in [0.05, 0.1) is 11.4 Å². The molecule has 0 bridgehead atoms. The standard InChI is InChI=1S/C18H17N7S/c19-15-8-14(17-18(20-15)22-24-21-17)26-10-12-9-25(13-4-2-1-3-5-13)23-16(12)11-6-7-11/h1-5,8-9,11H,6-7,10H2,(H3,19,20,21,22,24). The molecule has 5 rings (SSSR count). The van der Waals surface area contributed by atoms with Gasteiger partial charge in [0.25, 0.3) is 0 Å². The van der Waals surface area contributed by atoms with Gasteiger partial charge in [-0.15, -0.1) is 16.9 Å². The predicted molar refractivity (Wildman–Crippen MR) is 101 cm³/mol. The molecule has 7 nitrogen and oxygen atoms in total. The smallest absolute Gasteiger partial charge is 0.204 e. The summed E-state index contributed by atoms with van der Waals surface area (Å²) in [5.41, 5.74) is 10.8. The van der Waals surface area contributed by atoms with Gasteiger partial charge in [0.2, 0.25) is 5.65 Å². The molecule has 0 aliphatic heterocycles. The van der Waals surface area contributed by atoms with Gasteiger partial charge in [0.15, 0.2) is 0 Å². The highest BCUT2D eigenvalue weighted by Crippen LogP contribution is 2.42. The Balaban J connectivity index is 1.46. The van der Waals surface area contributed by atoms with Crippen LogP contribution in [0.25, 0.3) is 16.9 Å². The summed E-state index contributed by atoms with van der Waals surface area (Å²) in [5, 5.41) is 15.7. The van der Waals surface area contributed by atoms with Crippen molar-refractivity contribution in [3.05, 3.63) is 53.9 Å². The van der Waals surface area contributed by atoms with Gasteiger partial charge < -0.3 is 5.73 Å². The number of anilines is 1. The average molecular weight is 363 g/mol. The van der Waals surface area contributed by atoms with E-state index in [0.717, 1.165) is 21.9 Å². The van der Waals surface area contributed by atoms with Gasteiger partial charge in [-0.05, 0) is 31.0 Å². The fourth-order valence-corrected chi connectivity index (χ4v) is 4.05. The van der Waals surface area contributed by atoms with Gasteiger partial charge in [-0.25, -0.2) is 9.67 Å². The number of nitrogens with two attached hydrogens (primary N) is 1. The van der Waals surface area contributed by atoms with Crippen LogP contribution in [0.2, 0.25) is 0 Å². The highest BCUT2D eigenvalue weighted by Gasteiger charge is 2.29. The molecule has 0 radical (unpaired) electrons. The lowest BCUT2D eigenvalue weighted by molar-refractivity contribution is 0.837. The molecule has 4 aromatic rings. The number of aromatic nitrogens is 6. The van der Waals surface area contributed by atoms with Crippen LogP contribution in [-0.4, -0.2) is 30.2 Å². The first-order valence-electron chi connectivity index (χ1n) is 8.51. The predicted octanol–water partition coefficient (Wildman–Crippen LogP) is 3.29. The number of para-hydroxylation sites is 1. The molecule has 0 saturated heterocycles. The van der Waals surface area contributed by atoms with Crippen molar-refractivity contribution < 1.29 is 0 Å². The molecule has 0 spiro atoms. The Morgan fingerprint density at radius 1 is 1.19 bits per heavy atom. The van der Waals surface area contributed by atoms with E-state index in [1.54, 1.807) is 11.8 Å². The van der Waals surface area contributed by atoms with Crippen LogP contribution in [0.5, 0.6) is 0 Å². The second kappa shape index (κ2) is 6.14. The molecule has 130 valence electrons. The van der Waals surface area contributed by atoms with Crippen LogP contribution in [0, 0.1) is 0 Å². The van der Waals surface area contributed by atoms with Gasteiger partial charge >= 0.3 is 0 Å². The molecular weight excluding hydrogens is 346 g/mol. The van der Waals surface area contributed by atoms with Crippen molar-refractivity contribution in [3.8, 4) is 5.69 Å². The van der Waals surface area contributed by atoms with Crippen molar-refractivity contribution in [2.75, 3.05) is 5.73 Å². The third kappa shape index (κ3) is 2.82. The van der Waals surface area contributed by atoms with E-state index in [1.165, 1.54) is 24.1 Å². The van der Waals surface area contributed by atoms with E-state index < -0.39 is 0 Å². The number of H-pyrrole nitrogens is 1. The lowest BCUT2D eigenvalue weighted by Gasteiger charge is -2.03. The summed E-state index contributed by atoms with van der Waals surface area (Å²) in [6.07, 6.45) is 4.58. The van der Waals surface area contributed by atoms with Gasteiger partial charge in [-0.3, -0.25) is 0 Å². The average Bonchev–Trinajstić information content (AvgIpc) is 3.24. The van der Waals surface area contributed by atoms with Crippen molar-refractivity contribution in [2.24, 2.45) is 0 Å². The Bertz CT molecular complexity index is 1070. The van der Waals surface area contributed by atoms with E-state index in [2.05, 4.69) is 38.7 Å². The fourth-order valence-electron chi connectivity index (χ4n) is 3.04. The Labute approximate surface area is 154 Å². The van der Waals surface area contributed by atoms with Crippen LogP contribution in [0.4, 0.5) is 5.82 Å². The number of aromatic amines is 1. The van der Waals surface area contributed by atoms with Crippen molar-refractivity contribution in [2.45, 2.75) is 29.4 Å². The minimum atomic E-state index is 0.455. The second-order valence-electron chi connectivity index (χ2n) is 6.42. The van der Waals surface area contributed by atoms with Gasteiger partial charge in [0, 0.05) is 28.3 Å². The number of nitrogens with one attached hydrogen (secondary N) is 1. The Hall–Kier alpha value is -2.87. The Morgan fingerprint density at radius 3 is 2.85 bits per heavy atom. The summed E-state index contributed by atoms with van der Waals surface area (Å²) in [6.45, 7) is 0. The quantitative estimate of drug-likeness (QED) is 0.528. The molecule has 1 saturated carbocycles. The molecule has 26 heavy (non-hydrogen) atoms. The zero-order valence-electron chi connectivity index (χ0n) is 14.0. The highest BCUT2D eigenvalue weighted by atomic mass is 32.2. The van der Waals surface area contributed by atoms with E-state index in [4.69, 9.17) is 10.8 Å². The summed E-state index contributed by atoms with van der Waals surface area (Å²) >= 11 is 1.69. The molecule has 8 heteroatoms. The summed E-state index contributed by atoms with van der Waals surface area (Å²) in [7, 11) is 0. The van der Waals surface area contributed by atoms with Crippen LogP contribution < -0.4 is 5.73 Å². The molecule has 3 aromatic heterocycles. The molecular formula is C18H17N7S. The zero-order chi connectivity index (χ0) is 17.5. The van der Waals surface area contributed by atoms with Crippen LogP contribution in [0.3, 0.4) is 0 Å². The third-order valence-corrected chi connectivity index (χ3v) is 5.54. The van der Waals surface area contributed by atoms with Crippen LogP contribution in [0.15, 0.2) is 47.5 Å². The Kier molecular flexibility index (Phi) is 3.63. The van der Waals surface area contributed by atoms with Crippen molar-refractivity contribution in [1.82, 2.24) is 30.2 Å². The molecule has 1 aliphatic carbocycles. The summed E-state index contributed by atoms with van der Waals surface area (Å²) in [6, 6.07) is 12.1. The van der Waals surface area contributed by atoms with Crippen molar-refractivity contribution in [1.29, 1.82) is 0 Å². The lowest BCUT2D eigenvalue weighted by Crippen LogP contribution is -1.94. The monoisotopic (exact) mass is 363 g/mol. The normalized spacial score (nSPS) is 14.2. The van der Waals surface area contributed by atoms with Gasteiger partial charge in [-0.1, -0.05) is 18.2 Å². The maximum Gasteiger partial charge on any atom is 0.204 e. The second-order valence-corrected chi connectivity index (χ2v) is 7.44. The number of pyridine rings is 1. The van der Waals surface area contributed by atoms with E-state index in [0.29, 0.717) is 17.4 Å². The molecule has 0 unspecified atom stereocenters. The van der Waals surface area contributed by atoms with Gasteiger partial charge in [-0.2, -0.15) is 15.4 Å². The van der Waals surface area contributed by atoms with Crippen LogP contribution >= 0.6 is 11.8 Å². The maximum atomic E-state index is 5.90. The number of thioether (sulfide) groups is 1. The molecule has 3 N–H and O–H groups in total.